The maximum atomic E-state index is 10.7. The van der Waals surface area contributed by atoms with Crippen LogP contribution in [0.5, 0.6) is 0 Å². The molecule has 0 amide bonds. The van der Waals surface area contributed by atoms with Gasteiger partial charge in [-0.3, -0.25) is 0 Å². The lowest BCUT2D eigenvalue weighted by atomic mass is 10.4. The molecule has 2 aromatic heterocycles. The summed E-state index contributed by atoms with van der Waals surface area (Å²) in [6.07, 6.45) is 1.72. The predicted octanol–water partition coefficient (Wildman–Crippen LogP) is 1.85. The minimum Gasteiger partial charge on any atom is -0.475 e. The van der Waals surface area contributed by atoms with E-state index in [0.717, 1.165) is 4.88 Å². The van der Waals surface area contributed by atoms with E-state index in [1.807, 2.05) is 17.5 Å². The van der Waals surface area contributed by atoms with E-state index >= 15 is 0 Å². The van der Waals surface area contributed by atoms with Gasteiger partial charge in [0.15, 0.2) is 0 Å². The molecular formula is C9H8N2O2S. The number of imidazole rings is 1. The lowest BCUT2D eigenvalue weighted by molar-refractivity contribution is 0.0680. The van der Waals surface area contributed by atoms with Crippen LogP contribution in [0.3, 0.4) is 0 Å². The Morgan fingerprint density at radius 1 is 1.64 bits per heavy atom. The van der Waals surface area contributed by atoms with Crippen LogP contribution in [0.2, 0.25) is 0 Å². The topological polar surface area (TPSA) is 55.1 Å². The Hall–Kier alpha value is -1.62. The SMILES string of the molecule is Cn1cc(-c2cccs2)nc1C(=O)O. The Kier molecular flexibility index (Phi) is 2.09. The average molecular weight is 208 g/mol. The Balaban J connectivity index is 2.48. The number of rotatable bonds is 2. The Bertz CT molecular complexity index is 459. The van der Waals surface area contributed by atoms with Crippen molar-refractivity contribution in [3.63, 3.8) is 0 Å². The summed E-state index contributed by atoms with van der Waals surface area (Å²) < 4.78 is 1.51. The number of aryl methyl sites for hydroxylation is 1. The summed E-state index contributed by atoms with van der Waals surface area (Å²) in [6, 6.07) is 3.83. The van der Waals surface area contributed by atoms with Crippen molar-refractivity contribution >= 4 is 17.3 Å². The van der Waals surface area contributed by atoms with Crippen LogP contribution in [0.15, 0.2) is 23.7 Å². The molecular weight excluding hydrogens is 200 g/mol. The minimum atomic E-state index is -1.00. The normalized spacial score (nSPS) is 10.4. The van der Waals surface area contributed by atoms with Crippen LogP contribution in [0.25, 0.3) is 10.6 Å². The third kappa shape index (κ3) is 1.42. The second-order valence-corrected chi connectivity index (χ2v) is 3.79. The van der Waals surface area contributed by atoms with Gasteiger partial charge in [0.2, 0.25) is 5.82 Å². The van der Waals surface area contributed by atoms with Crippen molar-refractivity contribution in [1.82, 2.24) is 9.55 Å². The first-order valence-corrected chi connectivity index (χ1v) is 4.87. The molecule has 0 aromatic carbocycles. The molecule has 0 atom stereocenters. The summed E-state index contributed by atoms with van der Waals surface area (Å²) in [5, 5.41) is 10.7. The average Bonchev–Trinajstić information content (AvgIpc) is 2.70. The lowest BCUT2D eigenvalue weighted by Crippen LogP contribution is -2.04. The van der Waals surface area contributed by atoms with E-state index in [4.69, 9.17) is 5.11 Å². The number of carboxylic acid groups (broad SMARTS) is 1. The fourth-order valence-electron chi connectivity index (χ4n) is 1.21. The van der Waals surface area contributed by atoms with E-state index < -0.39 is 5.97 Å². The second-order valence-electron chi connectivity index (χ2n) is 2.84. The molecule has 0 saturated heterocycles. The number of carbonyl (C=O) groups is 1. The highest BCUT2D eigenvalue weighted by Gasteiger charge is 2.13. The van der Waals surface area contributed by atoms with Crippen LogP contribution in [-0.2, 0) is 7.05 Å². The molecule has 0 bridgehead atoms. The molecule has 0 fully saturated rings. The number of aromatic nitrogens is 2. The van der Waals surface area contributed by atoms with Crippen molar-refractivity contribution < 1.29 is 9.90 Å². The zero-order valence-corrected chi connectivity index (χ0v) is 8.28. The summed E-state index contributed by atoms with van der Waals surface area (Å²) in [4.78, 5) is 15.7. The van der Waals surface area contributed by atoms with Gasteiger partial charge in [0.05, 0.1) is 10.6 Å². The van der Waals surface area contributed by atoms with Crippen LogP contribution in [0.4, 0.5) is 0 Å². The molecule has 0 aliphatic heterocycles. The van der Waals surface area contributed by atoms with Crippen LogP contribution in [0.1, 0.15) is 10.6 Å². The van der Waals surface area contributed by atoms with E-state index in [9.17, 15) is 4.79 Å². The minimum absolute atomic E-state index is 0.0633. The van der Waals surface area contributed by atoms with E-state index in [2.05, 4.69) is 4.98 Å². The predicted molar refractivity (Wildman–Crippen MR) is 53.5 cm³/mol. The van der Waals surface area contributed by atoms with Crippen molar-refractivity contribution in [1.29, 1.82) is 0 Å². The summed E-state index contributed by atoms with van der Waals surface area (Å²) >= 11 is 1.54. The van der Waals surface area contributed by atoms with Gasteiger partial charge >= 0.3 is 5.97 Å². The molecule has 5 heteroatoms. The fourth-order valence-corrected chi connectivity index (χ4v) is 1.89. The first-order valence-electron chi connectivity index (χ1n) is 3.99. The number of carboxylic acids is 1. The van der Waals surface area contributed by atoms with Crippen LogP contribution in [-0.4, -0.2) is 20.6 Å². The van der Waals surface area contributed by atoms with Crippen molar-refractivity contribution in [2.24, 2.45) is 7.05 Å². The van der Waals surface area contributed by atoms with Crippen molar-refractivity contribution in [3.8, 4) is 10.6 Å². The molecule has 72 valence electrons. The highest BCUT2D eigenvalue weighted by Crippen LogP contribution is 2.23. The van der Waals surface area contributed by atoms with Gasteiger partial charge in [-0.1, -0.05) is 6.07 Å². The van der Waals surface area contributed by atoms with Gasteiger partial charge in [0.25, 0.3) is 0 Å². The molecule has 0 saturated carbocycles. The largest absolute Gasteiger partial charge is 0.475 e. The third-order valence-electron chi connectivity index (χ3n) is 1.84. The van der Waals surface area contributed by atoms with E-state index in [1.54, 1.807) is 24.6 Å². The highest BCUT2D eigenvalue weighted by molar-refractivity contribution is 7.13. The van der Waals surface area contributed by atoms with E-state index in [-0.39, 0.29) is 5.82 Å². The Morgan fingerprint density at radius 2 is 2.43 bits per heavy atom. The van der Waals surface area contributed by atoms with Gasteiger partial charge in [-0.05, 0) is 11.4 Å². The summed E-state index contributed by atoms with van der Waals surface area (Å²) in [5.74, 6) is -0.941. The number of hydrogen-bond acceptors (Lipinski definition) is 3. The van der Waals surface area contributed by atoms with E-state index in [0.29, 0.717) is 5.69 Å². The van der Waals surface area contributed by atoms with Crippen LogP contribution < -0.4 is 0 Å². The Morgan fingerprint density at radius 3 is 2.93 bits per heavy atom. The molecule has 0 aliphatic carbocycles. The van der Waals surface area contributed by atoms with Gasteiger partial charge in [-0.2, -0.15) is 0 Å². The quantitative estimate of drug-likeness (QED) is 0.819. The van der Waals surface area contributed by atoms with Gasteiger partial charge < -0.3 is 9.67 Å². The maximum Gasteiger partial charge on any atom is 0.372 e. The molecule has 0 aliphatic rings. The molecule has 0 unspecified atom stereocenters. The molecule has 2 aromatic rings. The molecule has 4 nitrogen and oxygen atoms in total. The summed E-state index contributed by atoms with van der Waals surface area (Å²) in [6.45, 7) is 0. The van der Waals surface area contributed by atoms with Gasteiger partial charge in [-0.15, -0.1) is 11.3 Å². The molecule has 0 radical (unpaired) electrons. The number of thiophene rings is 1. The van der Waals surface area contributed by atoms with E-state index in [1.165, 1.54) is 4.57 Å². The lowest BCUT2D eigenvalue weighted by Gasteiger charge is -1.90. The molecule has 2 rings (SSSR count). The third-order valence-corrected chi connectivity index (χ3v) is 2.73. The first-order chi connectivity index (χ1) is 6.68. The van der Waals surface area contributed by atoms with Crippen molar-refractivity contribution in [3.05, 3.63) is 29.5 Å². The van der Waals surface area contributed by atoms with Gasteiger partial charge in [0.1, 0.15) is 0 Å². The standard InChI is InChI=1S/C9H8N2O2S/c1-11-5-6(7-3-2-4-14-7)10-8(11)9(12)13/h2-5H,1H3,(H,12,13). The van der Waals surface area contributed by atoms with Crippen molar-refractivity contribution in [2.45, 2.75) is 0 Å². The van der Waals surface area contributed by atoms with Gasteiger partial charge in [0, 0.05) is 13.2 Å². The molecule has 0 spiro atoms. The first kappa shape index (κ1) is 8.96. The molecule has 2 heterocycles. The van der Waals surface area contributed by atoms with Crippen LogP contribution >= 0.6 is 11.3 Å². The smallest absolute Gasteiger partial charge is 0.372 e. The summed E-state index contributed by atoms with van der Waals surface area (Å²) in [7, 11) is 1.67. The summed E-state index contributed by atoms with van der Waals surface area (Å²) in [5.41, 5.74) is 0.708. The molecule has 1 N–H and O–H groups in total. The number of nitrogens with zero attached hydrogens (tertiary/aromatic N) is 2. The zero-order valence-electron chi connectivity index (χ0n) is 7.47. The highest BCUT2D eigenvalue weighted by atomic mass is 32.1. The van der Waals surface area contributed by atoms with Gasteiger partial charge in [-0.25, -0.2) is 9.78 Å². The van der Waals surface area contributed by atoms with Crippen molar-refractivity contribution in [2.75, 3.05) is 0 Å². The number of aromatic carboxylic acids is 1. The fraction of sp³-hybridized carbons (Fsp3) is 0.111. The maximum absolute atomic E-state index is 10.7. The molecule has 14 heavy (non-hydrogen) atoms. The number of hydrogen-bond donors (Lipinski definition) is 1. The Labute approximate surface area is 84.5 Å². The second kappa shape index (κ2) is 3.26. The van der Waals surface area contributed by atoms with Crippen LogP contribution in [0, 0.1) is 0 Å². The zero-order chi connectivity index (χ0) is 10.1. The monoisotopic (exact) mass is 208 g/mol.